The van der Waals surface area contributed by atoms with E-state index in [0.717, 1.165) is 31.2 Å². The van der Waals surface area contributed by atoms with Crippen molar-refractivity contribution >= 4 is 11.5 Å². The Morgan fingerprint density at radius 3 is 2.67 bits per heavy atom. The minimum absolute atomic E-state index is 0.0559. The van der Waals surface area contributed by atoms with E-state index in [1.54, 1.807) is 0 Å². The van der Waals surface area contributed by atoms with E-state index in [4.69, 9.17) is 4.74 Å². The minimum atomic E-state index is -0.444. The number of aromatic nitrogens is 2. The molecule has 2 aromatic rings. The van der Waals surface area contributed by atoms with Crippen molar-refractivity contribution < 1.29 is 9.53 Å². The summed E-state index contributed by atoms with van der Waals surface area (Å²) in [5.74, 6) is 0.594. The Morgan fingerprint density at radius 2 is 1.94 bits per heavy atom. The Bertz CT molecular complexity index is 1100. The maximum Gasteiger partial charge on any atom is 0.316 e. The van der Waals surface area contributed by atoms with E-state index >= 15 is 0 Å². The summed E-state index contributed by atoms with van der Waals surface area (Å²) in [6.45, 7) is 7.68. The quantitative estimate of drug-likeness (QED) is 0.541. The number of hydrogen-bond acceptors (Lipinski definition) is 4. The molecule has 6 heteroatoms. The van der Waals surface area contributed by atoms with Crippen LogP contribution in [0.1, 0.15) is 86.7 Å². The first-order chi connectivity index (χ1) is 16.0. The van der Waals surface area contributed by atoms with Crippen molar-refractivity contribution in [2.24, 2.45) is 0 Å². The van der Waals surface area contributed by atoms with Crippen LogP contribution in [0.5, 0.6) is 5.75 Å². The van der Waals surface area contributed by atoms with Gasteiger partial charge in [-0.2, -0.15) is 4.98 Å². The van der Waals surface area contributed by atoms with Crippen molar-refractivity contribution in [3.05, 3.63) is 63.3 Å². The molecule has 33 heavy (non-hydrogen) atoms. The van der Waals surface area contributed by atoms with Crippen LogP contribution < -0.4 is 10.3 Å². The molecule has 0 unspecified atom stereocenters. The van der Waals surface area contributed by atoms with Gasteiger partial charge in [-0.05, 0) is 62.7 Å². The number of benzene rings is 1. The lowest BCUT2D eigenvalue weighted by atomic mass is 9.90. The summed E-state index contributed by atoms with van der Waals surface area (Å²) in [7, 11) is 0. The molecule has 1 aromatic carbocycles. The molecule has 4 rings (SSSR count). The number of amides is 1. The highest BCUT2D eigenvalue weighted by Crippen LogP contribution is 2.31. The second kappa shape index (κ2) is 10.4. The van der Waals surface area contributed by atoms with Gasteiger partial charge in [0.25, 0.3) is 5.91 Å². The maximum absolute atomic E-state index is 13.4. The van der Waals surface area contributed by atoms with E-state index < -0.39 is 5.56 Å². The van der Waals surface area contributed by atoms with E-state index in [1.165, 1.54) is 24.0 Å². The number of allylic oxidation sites excluding steroid dienone is 2. The first-order valence-electron chi connectivity index (χ1n) is 12.4. The Labute approximate surface area is 196 Å². The monoisotopic (exact) mass is 449 g/mol. The third-order valence-corrected chi connectivity index (χ3v) is 6.62. The molecule has 0 atom stereocenters. The largest absolute Gasteiger partial charge is 0.486 e. The number of hydrogen-bond donors (Lipinski definition) is 0. The molecule has 176 valence electrons. The van der Waals surface area contributed by atoms with Crippen LogP contribution in [0.25, 0.3) is 5.57 Å². The van der Waals surface area contributed by atoms with Crippen LogP contribution in [0.15, 0.2) is 35.1 Å². The fraction of sp³-hybridized carbons (Fsp3) is 0.519. The number of carbonyl (C=O) groups is 1. The van der Waals surface area contributed by atoms with Gasteiger partial charge in [0.2, 0.25) is 5.75 Å². The summed E-state index contributed by atoms with van der Waals surface area (Å²) in [6, 6.07) is 8.43. The SMILES string of the molecule is CCCCOc1c2n(c(Cc3ccccc3C3=CCCCC3)nc1=O)CCN(C(C)C)C2=O. The van der Waals surface area contributed by atoms with Crippen molar-refractivity contribution in [2.75, 3.05) is 13.2 Å². The third kappa shape index (κ3) is 4.90. The van der Waals surface area contributed by atoms with Gasteiger partial charge in [0, 0.05) is 25.6 Å². The molecule has 1 aliphatic heterocycles. The molecular formula is C27H35N3O3. The van der Waals surface area contributed by atoms with Crippen molar-refractivity contribution in [3.63, 3.8) is 0 Å². The number of fused-ring (bicyclic) bond motifs is 1. The predicted molar refractivity (Wildman–Crippen MR) is 131 cm³/mol. The Balaban J connectivity index is 1.77. The molecule has 0 spiro atoms. The zero-order chi connectivity index (χ0) is 23.4. The van der Waals surface area contributed by atoms with Crippen LogP contribution in [-0.4, -0.2) is 39.6 Å². The van der Waals surface area contributed by atoms with E-state index in [-0.39, 0.29) is 17.7 Å². The zero-order valence-corrected chi connectivity index (χ0v) is 20.1. The standard InChI is InChI=1S/C27H35N3O3/c1-4-5-17-33-25-24-27(32)29(19(2)3)15-16-30(24)23(28-26(25)31)18-21-13-9-10-14-22(21)20-11-7-6-8-12-20/h9-11,13-14,19H,4-8,12,15-18H2,1-3H3. The molecule has 0 saturated carbocycles. The smallest absolute Gasteiger partial charge is 0.316 e. The number of rotatable bonds is 8. The summed E-state index contributed by atoms with van der Waals surface area (Å²) < 4.78 is 7.77. The van der Waals surface area contributed by atoms with Crippen LogP contribution >= 0.6 is 0 Å². The number of carbonyl (C=O) groups excluding carboxylic acids is 1. The van der Waals surface area contributed by atoms with Gasteiger partial charge in [0.15, 0.2) is 5.69 Å². The van der Waals surface area contributed by atoms with Gasteiger partial charge in [-0.1, -0.05) is 43.7 Å². The second-order valence-electron chi connectivity index (χ2n) is 9.27. The minimum Gasteiger partial charge on any atom is -0.486 e. The first-order valence-corrected chi connectivity index (χ1v) is 12.4. The fourth-order valence-corrected chi connectivity index (χ4v) is 4.80. The highest BCUT2D eigenvalue weighted by Gasteiger charge is 2.33. The van der Waals surface area contributed by atoms with Crippen LogP contribution in [-0.2, 0) is 13.0 Å². The molecule has 1 aliphatic carbocycles. The van der Waals surface area contributed by atoms with Gasteiger partial charge < -0.3 is 14.2 Å². The van der Waals surface area contributed by atoms with Gasteiger partial charge in [-0.15, -0.1) is 0 Å². The molecule has 2 aliphatic rings. The number of unbranched alkanes of at least 4 members (excludes halogenated alkanes) is 1. The summed E-state index contributed by atoms with van der Waals surface area (Å²) in [5.41, 5.74) is 3.66. The van der Waals surface area contributed by atoms with Gasteiger partial charge in [0.1, 0.15) is 5.82 Å². The van der Waals surface area contributed by atoms with Crippen molar-refractivity contribution in [1.29, 1.82) is 0 Å². The average molecular weight is 450 g/mol. The number of nitrogens with zero attached hydrogens (tertiary/aromatic N) is 3. The third-order valence-electron chi connectivity index (χ3n) is 6.62. The lowest BCUT2D eigenvalue weighted by molar-refractivity contribution is 0.0635. The van der Waals surface area contributed by atoms with Crippen molar-refractivity contribution in [3.8, 4) is 5.75 Å². The number of ether oxygens (including phenoxy) is 1. The molecular weight excluding hydrogens is 414 g/mol. The maximum atomic E-state index is 13.4. The van der Waals surface area contributed by atoms with E-state index in [2.05, 4.69) is 36.2 Å². The molecule has 1 amide bonds. The molecule has 0 bridgehead atoms. The topological polar surface area (TPSA) is 64.4 Å². The van der Waals surface area contributed by atoms with Gasteiger partial charge in [0.05, 0.1) is 6.61 Å². The van der Waals surface area contributed by atoms with E-state index in [9.17, 15) is 9.59 Å². The molecule has 0 N–H and O–H groups in total. The Kier molecular flexibility index (Phi) is 7.31. The Hall–Kier alpha value is -2.89. The van der Waals surface area contributed by atoms with E-state index in [0.29, 0.717) is 37.6 Å². The zero-order valence-electron chi connectivity index (χ0n) is 20.1. The highest BCUT2D eigenvalue weighted by molar-refractivity contribution is 5.96. The van der Waals surface area contributed by atoms with Crippen molar-refractivity contribution in [1.82, 2.24) is 14.5 Å². The van der Waals surface area contributed by atoms with Gasteiger partial charge >= 0.3 is 5.56 Å². The molecule has 1 aromatic heterocycles. The Morgan fingerprint density at radius 1 is 1.12 bits per heavy atom. The normalized spacial score (nSPS) is 16.1. The lowest BCUT2D eigenvalue weighted by Crippen LogP contribution is -2.46. The lowest BCUT2D eigenvalue weighted by Gasteiger charge is -2.34. The van der Waals surface area contributed by atoms with Crippen LogP contribution in [0.4, 0.5) is 0 Å². The summed E-state index contributed by atoms with van der Waals surface area (Å²) in [4.78, 5) is 32.8. The second-order valence-corrected chi connectivity index (χ2v) is 9.27. The fourth-order valence-electron chi connectivity index (χ4n) is 4.80. The average Bonchev–Trinajstić information content (AvgIpc) is 2.82. The van der Waals surface area contributed by atoms with Crippen molar-refractivity contribution in [2.45, 2.75) is 78.3 Å². The molecule has 6 nitrogen and oxygen atoms in total. The molecule has 2 heterocycles. The van der Waals surface area contributed by atoms with E-state index in [1.807, 2.05) is 29.4 Å². The molecule has 0 saturated heterocycles. The summed E-state index contributed by atoms with van der Waals surface area (Å²) in [5, 5.41) is 0. The molecule has 0 fully saturated rings. The summed E-state index contributed by atoms with van der Waals surface area (Å²) in [6.07, 6.45) is 9.26. The van der Waals surface area contributed by atoms with Gasteiger partial charge in [-0.25, -0.2) is 0 Å². The summed E-state index contributed by atoms with van der Waals surface area (Å²) >= 11 is 0. The van der Waals surface area contributed by atoms with Crippen LogP contribution in [0.2, 0.25) is 0 Å². The van der Waals surface area contributed by atoms with Gasteiger partial charge in [-0.3, -0.25) is 9.59 Å². The van der Waals surface area contributed by atoms with Crippen LogP contribution in [0.3, 0.4) is 0 Å². The predicted octanol–water partition coefficient (Wildman–Crippen LogP) is 4.83. The highest BCUT2D eigenvalue weighted by atomic mass is 16.5. The first kappa shape index (κ1) is 23.3. The van der Waals surface area contributed by atoms with Crippen LogP contribution in [0, 0.1) is 0 Å². The molecule has 0 radical (unpaired) electrons.